The van der Waals surface area contributed by atoms with Crippen molar-refractivity contribution in [1.29, 1.82) is 0 Å². The van der Waals surface area contributed by atoms with Crippen LogP contribution in [0.25, 0.3) is 22.6 Å². The van der Waals surface area contributed by atoms with Crippen LogP contribution in [0.15, 0.2) is 90.9 Å². The Morgan fingerprint density at radius 2 is 2.00 bits per heavy atom. The summed E-state index contributed by atoms with van der Waals surface area (Å²) in [6, 6.07) is 13.6. The Morgan fingerprint density at radius 1 is 1.15 bits per heavy atom. The van der Waals surface area contributed by atoms with Gasteiger partial charge in [-0.05, 0) is 37.3 Å². The molecule has 0 amide bonds. The monoisotopic (exact) mass is 363 g/mol. The largest absolute Gasteiger partial charge is 0.260 e. The van der Waals surface area contributed by atoms with Gasteiger partial charge in [0.1, 0.15) is 17.3 Å². The molecule has 3 nitrogen and oxygen atoms in total. The third kappa shape index (κ3) is 4.26. The van der Waals surface area contributed by atoms with Gasteiger partial charge in [-0.2, -0.15) is 5.10 Å². The van der Waals surface area contributed by atoms with E-state index in [1.165, 1.54) is 24.3 Å². The summed E-state index contributed by atoms with van der Waals surface area (Å²) >= 11 is 0. The Labute approximate surface area is 157 Å². The van der Waals surface area contributed by atoms with Crippen LogP contribution in [0, 0.1) is 5.82 Å². The summed E-state index contributed by atoms with van der Waals surface area (Å²) in [5, 5.41) is 4.59. The van der Waals surface area contributed by atoms with Crippen LogP contribution in [-0.2, 0) is 6.54 Å². The van der Waals surface area contributed by atoms with Gasteiger partial charge >= 0.3 is 0 Å². The first-order valence-electron chi connectivity index (χ1n) is 8.51. The van der Waals surface area contributed by atoms with Gasteiger partial charge in [-0.3, -0.25) is 9.67 Å². The Kier molecular flexibility index (Phi) is 5.71. The summed E-state index contributed by atoms with van der Waals surface area (Å²) in [5.74, 6) is -0.698. The van der Waals surface area contributed by atoms with Crippen LogP contribution < -0.4 is 0 Å². The Bertz CT molecular complexity index is 1000. The molecule has 27 heavy (non-hydrogen) atoms. The number of rotatable bonds is 6. The normalized spacial score (nSPS) is 12.3. The molecule has 0 fully saturated rings. The number of aromatic nitrogens is 3. The molecule has 2 aromatic heterocycles. The van der Waals surface area contributed by atoms with Gasteiger partial charge in [-0.15, -0.1) is 0 Å². The maximum atomic E-state index is 14.2. The quantitative estimate of drug-likeness (QED) is 0.523. The van der Waals surface area contributed by atoms with Crippen molar-refractivity contribution in [2.75, 3.05) is 0 Å². The molecular formula is C22H19F2N3. The van der Waals surface area contributed by atoms with Crippen LogP contribution in [0.1, 0.15) is 6.92 Å². The highest BCUT2D eigenvalue weighted by atomic mass is 19.1. The molecule has 136 valence electrons. The Morgan fingerprint density at radius 3 is 2.67 bits per heavy atom. The minimum atomic E-state index is -0.352. The van der Waals surface area contributed by atoms with Crippen LogP contribution in [0.2, 0.25) is 0 Å². The number of nitrogens with zero attached hydrogens (tertiary/aromatic N) is 3. The molecule has 0 atom stereocenters. The van der Waals surface area contributed by atoms with E-state index in [0.29, 0.717) is 28.2 Å². The molecule has 0 saturated heterocycles. The van der Waals surface area contributed by atoms with Crippen molar-refractivity contribution in [2.45, 2.75) is 13.5 Å². The third-order valence-corrected chi connectivity index (χ3v) is 4.03. The molecule has 1 aromatic carbocycles. The number of pyridine rings is 1. The van der Waals surface area contributed by atoms with Crippen LogP contribution in [0.4, 0.5) is 8.78 Å². The van der Waals surface area contributed by atoms with Crippen molar-refractivity contribution < 1.29 is 8.78 Å². The summed E-state index contributed by atoms with van der Waals surface area (Å²) < 4.78 is 29.6. The third-order valence-electron chi connectivity index (χ3n) is 4.03. The number of allylic oxidation sites excluding steroid dienone is 5. The van der Waals surface area contributed by atoms with E-state index in [1.54, 1.807) is 36.0 Å². The minimum Gasteiger partial charge on any atom is -0.260 e. The van der Waals surface area contributed by atoms with Gasteiger partial charge in [0, 0.05) is 17.3 Å². The molecular weight excluding hydrogens is 344 g/mol. The van der Waals surface area contributed by atoms with Gasteiger partial charge in [0.2, 0.25) is 0 Å². The lowest BCUT2D eigenvalue weighted by molar-refractivity contribution is 0.602. The molecule has 0 spiro atoms. The molecule has 0 unspecified atom stereocenters. The summed E-state index contributed by atoms with van der Waals surface area (Å²) in [4.78, 5) is 4.32. The predicted molar refractivity (Wildman–Crippen MR) is 104 cm³/mol. The zero-order chi connectivity index (χ0) is 19.2. The first kappa shape index (κ1) is 18.5. The second kappa shape index (κ2) is 8.36. The van der Waals surface area contributed by atoms with Crippen molar-refractivity contribution in [1.82, 2.24) is 14.8 Å². The van der Waals surface area contributed by atoms with Crippen molar-refractivity contribution in [3.63, 3.8) is 0 Å². The summed E-state index contributed by atoms with van der Waals surface area (Å²) in [6.07, 6.45) is 6.20. The molecule has 3 rings (SSSR count). The fraction of sp³-hybridized carbons (Fsp3) is 0.0909. The highest BCUT2D eigenvalue weighted by molar-refractivity contribution is 5.67. The second-order valence-corrected chi connectivity index (χ2v) is 5.86. The van der Waals surface area contributed by atoms with Crippen LogP contribution in [-0.4, -0.2) is 14.8 Å². The minimum absolute atomic E-state index is 0.181. The van der Waals surface area contributed by atoms with E-state index in [-0.39, 0.29) is 18.2 Å². The maximum Gasteiger partial charge on any atom is 0.124 e. The van der Waals surface area contributed by atoms with Gasteiger partial charge < -0.3 is 0 Å². The highest BCUT2D eigenvalue weighted by Crippen LogP contribution is 2.27. The summed E-state index contributed by atoms with van der Waals surface area (Å²) in [5.41, 5.74) is 3.08. The molecule has 0 aliphatic rings. The lowest BCUT2D eigenvalue weighted by atomic mass is 10.1. The van der Waals surface area contributed by atoms with Gasteiger partial charge in [-0.1, -0.05) is 43.0 Å². The van der Waals surface area contributed by atoms with Crippen molar-refractivity contribution in [2.24, 2.45) is 0 Å². The molecule has 0 bridgehead atoms. The molecule has 0 aliphatic carbocycles. The lowest BCUT2D eigenvalue weighted by Crippen LogP contribution is -2.06. The molecule has 0 radical (unpaired) electrons. The van der Waals surface area contributed by atoms with E-state index in [0.717, 1.165) is 0 Å². The van der Waals surface area contributed by atoms with Gasteiger partial charge in [0.25, 0.3) is 0 Å². The van der Waals surface area contributed by atoms with Crippen molar-refractivity contribution in [3.05, 3.63) is 96.8 Å². The van der Waals surface area contributed by atoms with E-state index in [1.807, 2.05) is 24.3 Å². The maximum absolute atomic E-state index is 14.2. The summed E-state index contributed by atoms with van der Waals surface area (Å²) in [7, 11) is 0. The Hall–Kier alpha value is -3.34. The fourth-order valence-corrected chi connectivity index (χ4v) is 2.75. The Balaban J connectivity index is 2.12. The van der Waals surface area contributed by atoms with Crippen LogP contribution >= 0.6 is 0 Å². The standard InChI is InChI=1S/C22H19F2N3/c1-3-8-17(19(24)4-2)15-27-22(16-9-7-10-18(23)13-16)14-21(26-27)20-11-5-6-12-25-20/h3-14H,1,15H2,2H3/b17-8-,19-4+. The van der Waals surface area contributed by atoms with E-state index in [4.69, 9.17) is 0 Å². The van der Waals surface area contributed by atoms with Crippen molar-refractivity contribution >= 4 is 0 Å². The predicted octanol–water partition coefficient (Wildman–Crippen LogP) is 5.74. The van der Waals surface area contributed by atoms with Crippen LogP contribution in [0.3, 0.4) is 0 Å². The first-order valence-corrected chi connectivity index (χ1v) is 8.51. The zero-order valence-corrected chi connectivity index (χ0v) is 14.9. The summed E-state index contributed by atoms with van der Waals surface area (Å²) in [6.45, 7) is 5.45. The van der Waals surface area contributed by atoms with E-state index in [2.05, 4.69) is 16.7 Å². The van der Waals surface area contributed by atoms with E-state index in [9.17, 15) is 8.78 Å². The smallest absolute Gasteiger partial charge is 0.124 e. The molecule has 0 N–H and O–H groups in total. The van der Waals surface area contributed by atoms with Crippen LogP contribution in [0.5, 0.6) is 0 Å². The SMILES string of the molecule is C=C/C=C(Cn1nc(-c2ccccn2)cc1-c1cccc(F)c1)\C(F)=C/C. The van der Waals surface area contributed by atoms with Gasteiger partial charge in [0.15, 0.2) is 0 Å². The molecule has 5 heteroatoms. The van der Waals surface area contributed by atoms with Gasteiger partial charge in [0.05, 0.1) is 17.9 Å². The second-order valence-electron chi connectivity index (χ2n) is 5.86. The average Bonchev–Trinajstić information content (AvgIpc) is 3.11. The number of benzene rings is 1. The van der Waals surface area contributed by atoms with Gasteiger partial charge in [-0.25, -0.2) is 8.78 Å². The molecule has 3 aromatic rings. The number of hydrogen-bond acceptors (Lipinski definition) is 2. The first-order chi connectivity index (χ1) is 13.1. The molecule has 0 saturated carbocycles. The number of hydrogen-bond donors (Lipinski definition) is 0. The molecule has 0 aliphatic heterocycles. The number of halogens is 2. The molecule has 2 heterocycles. The van der Waals surface area contributed by atoms with E-state index < -0.39 is 0 Å². The highest BCUT2D eigenvalue weighted by Gasteiger charge is 2.15. The lowest BCUT2D eigenvalue weighted by Gasteiger charge is -2.10. The zero-order valence-electron chi connectivity index (χ0n) is 14.9. The fourth-order valence-electron chi connectivity index (χ4n) is 2.75. The average molecular weight is 363 g/mol. The van der Waals surface area contributed by atoms with Crippen molar-refractivity contribution in [3.8, 4) is 22.6 Å². The topological polar surface area (TPSA) is 30.7 Å². The van der Waals surface area contributed by atoms with E-state index >= 15 is 0 Å².